The molecule has 2 aromatic rings. The Morgan fingerprint density at radius 3 is 2.82 bits per heavy atom. The molecule has 3 rings (SSSR count). The maximum atomic E-state index is 13.7. The summed E-state index contributed by atoms with van der Waals surface area (Å²) in [5.41, 5.74) is 1.48. The number of nitrogens with zero attached hydrogens (tertiary/aromatic N) is 1. The minimum Gasteiger partial charge on any atom is -0.618 e. The van der Waals surface area contributed by atoms with Gasteiger partial charge in [-0.25, -0.2) is 4.39 Å². The molecule has 0 amide bonds. The van der Waals surface area contributed by atoms with Crippen LogP contribution >= 0.6 is 11.6 Å². The zero-order valence-electron chi connectivity index (χ0n) is 12.3. The molecule has 0 saturated carbocycles. The van der Waals surface area contributed by atoms with Gasteiger partial charge in [0, 0.05) is 29.2 Å². The second-order valence-electron chi connectivity index (χ2n) is 6.01. The number of hydrogen-bond donors (Lipinski definition) is 0. The lowest BCUT2D eigenvalue weighted by atomic mass is 9.89. The van der Waals surface area contributed by atoms with Crippen molar-refractivity contribution >= 4 is 17.2 Å². The molecule has 0 bridgehead atoms. The van der Waals surface area contributed by atoms with E-state index in [-0.39, 0.29) is 10.4 Å². The second-order valence-corrected chi connectivity index (χ2v) is 6.42. The second kappa shape index (κ2) is 5.29. The van der Waals surface area contributed by atoms with Crippen LogP contribution in [0.15, 0.2) is 42.6 Å². The van der Waals surface area contributed by atoms with Crippen molar-refractivity contribution in [2.75, 3.05) is 6.61 Å². The molecular weight excluding hydrogens is 305 g/mol. The molecule has 0 atom stereocenters. The van der Waals surface area contributed by atoms with Gasteiger partial charge in [0.25, 0.3) is 0 Å². The summed E-state index contributed by atoms with van der Waals surface area (Å²) >= 11 is 5.92. The number of fused-ring (bicyclic) bond motifs is 1. The molecule has 0 aliphatic carbocycles. The lowest BCUT2D eigenvalue weighted by Gasteiger charge is -2.18. The summed E-state index contributed by atoms with van der Waals surface area (Å²) in [5, 5.41) is 12.1. The topological polar surface area (TPSA) is 36.2 Å². The van der Waals surface area contributed by atoms with Crippen LogP contribution in [0.5, 0.6) is 5.75 Å². The third-order valence-corrected chi connectivity index (χ3v) is 3.84. The molecule has 114 valence electrons. The molecule has 0 radical (unpaired) electrons. The van der Waals surface area contributed by atoms with Gasteiger partial charge in [0.1, 0.15) is 11.6 Å². The van der Waals surface area contributed by atoms with Crippen molar-refractivity contribution in [3.05, 3.63) is 69.9 Å². The first kappa shape index (κ1) is 14.9. The number of halogens is 2. The van der Waals surface area contributed by atoms with Gasteiger partial charge in [-0.2, -0.15) is 4.73 Å². The summed E-state index contributed by atoms with van der Waals surface area (Å²) in [6.07, 6.45) is 3.40. The van der Waals surface area contributed by atoms with E-state index in [0.717, 1.165) is 4.73 Å². The Hall–Kier alpha value is -2.07. The minimum atomic E-state index is -0.539. The van der Waals surface area contributed by atoms with Crippen LogP contribution < -0.4 is 9.47 Å². The van der Waals surface area contributed by atoms with E-state index >= 15 is 0 Å². The van der Waals surface area contributed by atoms with E-state index in [4.69, 9.17) is 16.3 Å². The van der Waals surface area contributed by atoms with E-state index < -0.39 is 5.82 Å². The summed E-state index contributed by atoms with van der Waals surface area (Å²) in [6, 6.07) is 7.95. The van der Waals surface area contributed by atoms with Crippen molar-refractivity contribution < 1.29 is 13.9 Å². The highest BCUT2D eigenvalue weighted by atomic mass is 35.5. The molecule has 0 spiro atoms. The summed E-state index contributed by atoms with van der Waals surface area (Å²) < 4.78 is 20.3. The van der Waals surface area contributed by atoms with E-state index in [1.165, 1.54) is 18.3 Å². The zero-order chi connectivity index (χ0) is 15.9. The SMILES string of the molecule is CC1(C)C=C(c2cccc[n+]2[O-])c2cc(Cl)c(F)cc2OC1. The molecule has 1 aromatic carbocycles. The fourth-order valence-electron chi connectivity index (χ4n) is 2.48. The zero-order valence-corrected chi connectivity index (χ0v) is 13.0. The van der Waals surface area contributed by atoms with Crippen LogP contribution in [0.25, 0.3) is 5.57 Å². The molecule has 3 nitrogen and oxygen atoms in total. The van der Waals surface area contributed by atoms with Crippen molar-refractivity contribution in [3.8, 4) is 5.75 Å². The molecule has 1 aliphatic rings. The van der Waals surface area contributed by atoms with Gasteiger partial charge in [0.05, 0.1) is 17.2 Å². The van der Waals surface area contributed by atoms with E-state index in [2.05, 4.69) is 0 Å². The summed E-state index contributed by atoms with van der Waals surface area (Å²) in [5.74, 6) is -0.148. The average Bonchev–Trinajstić information content (AvgIpc) is 2.58. The van der Waals surface area contributed by atoms with E-state index in [0.29, 0.717) is 29.2 Å². The van der Waals surface area contributed by atoms with Crippen LogP contribution in [0, 0.1) is 16.4 Å². The molecule has 0 fully saturated rings. The van der Waals surface area contributed by atoms with Gasteiger partial charge < -0.3 is 9.94 Å². The Balaban J connectivity index is 2.28. The van der Waals surface area contributed by atoms with Gasteiger partial charge in [0.15, 0.2) is 6.20 Å². The van der Waals surface area contributed by atoms with Gasteiger partial charge >= 0.3 is 0 Å². The molecule has 22 heavy (non-hydrogen) atoms. The van der Waals surface area contributed by atoms with Crippen molar-refractivity contribution in [3.63, 3.8) is 0 Å². The van der Waals surface area contributed by atoms with E-state index in [1.807, 2.05) is 19.9 Å². The molecule has 2 heterocycles. The van der Waals surface area contributed by atoms with Crippen molar-refractivity contribution in [2.24, 2.45) is 5.41 Å². The fourth-order valence-corrected chi connectivity index (χ4v) is 2.64. The number of benzene rings is 1. The van der Waals surface area contributed by atoms with Crippen LogP contribution in [-0.4, -0.2) is 6.61 Å². The summed E-state index contributed by atoms with van der Waals surface area (Å²) in [6.45, 7) is 4.38. The van der Waals surface area contributed by atoms with Crippen LogP contribution in [0.1, 0.15) is 25.1 Å². The van der Waals surface area contributed by atoms with E-state index in [9.17, 15) is 9.60 Å². The van der Waals surface area contributed by atoms with Gasteiger partial charge in [-0.1, -0.05) is 31.5 Å². The van der Waals surface area contributed by atoms with Crippen molar-refractivity contribution in [2.45, 2.75) is 13.8 Å². The monoisotopic (exact) mass is 319 g/mol. The Morgan fingerprint density at radius 1 is 1.32 bits per heavy atom. The van der Waals surface area contributed by atoms with Crippen LogP contribution in [0.2, 0.25) is 5.02 Å². The molecule has 5 heteroatoms. The van der Waals surface area contributed by atoms with Crippen molar-refractivity contribution in [1.29, 1.82) is 0 Å². The predicted molar refractivity (Wildman–Crippen MR) is 83.2 cm³/mol. The number of hydrogen-bond acceptors (Lipinski definition) is 2. The highest BCUT2D eigenvalue weighted by molar-refractivity contribution is 6.31. The van der Waals surface area contributed by atoms with Gasteiger partial charge in [-0.15, -0.1) is 0 Å². The first-order chi connectivity index (χ1) is 10.4. The maximum absolute atomic E-state index is 13.7. The first-order valence-corrected chi connectivity index (χ1v) is 7.29. The van der Waals surface area contributed by atoms with Gasteiger partial charge in [-0.05, 0) is 12.1 Å². The maximum Gasteiger partial charge on any atom is 0.224 e. The lowest BCUT2D eigenvalue weighted by molar-refractivity contribution is -0.607. The molecule has 0 unspecified atom stereocenters. The number of pyridine rings is 1. The summed E-state index contributed by atoms with van der Waals surface area (Å²) in [7, 11) is 0. The van der Waals surface area contributed by atoms with Crippen molar-refractivity contribution in [1.82, 2.24) is 0 Å². The highest BCUT2D eigenvalue weighted by Gasteiger charge is 2.28. The fraction of sp³-hybridized carbons (Fsp3) is 0.235. The highest BCUT2D eigenvalue weighted by Crippen LogP contribution is 2.39. The molecule has 0 N–H and O–H groups in total. The van der Waals surface area contributed by atoms with Gasteiger partial charge in [0.2, 0.25) is 5.69 Å². The molecular formula is C17H15ClFNO2. The van der Waals surface area contributed by atoms with Crippen LogP contribution in [0.3, 0.4) is 0 Å². The largest absolute Gasteiger partial charge is 0.618 e. The molecule has 1 aromatic heterocycles. The molecule has 0 saturated heterocycles. The standard InChI is InChI=1S/C17H15ClFNO2/c1-17(2)9-12(15-5-3-4-6-20(15)21)11-7-13(18)14(19)8-16(11)22-10-17/h3-9H,10H2,1-2H3. The number of aromatic nitrogens is 1. The summed E-state index contributed by atoms with van der Waals surface area (Å²) in [4.78, 5) is 0. The van der Waals surface area contributed by atoms with Crippen LogP contribution in [0.4, 0.5) is 4.39 Å². The number of rotatable bonds is 1. The average molecular weight is 320 g/mol. The third-order valence-electron chi connectivity index (χ3n) is 3.55. The first-order valence-electron chi connectivity index (χ1n) is 6.91. The Morgan fingerprint density at radius 2 is 2.09 bits per heavy atom. The normalized spacial score (nSPS) is 16.3. The lowest BCUT2D eigenvalue weighted by Crippen LogP contribution is -2.30. The Bertz CT molecular complexity index is 771. The number of ether oxygens (including phenoxy) is 1. The van der Waals surface area contributed by atoms with Gasteiger partial charge in [-0.3, -0.25) is 0 Å². The predicted octanol–water partition coefficient (Wildman–Crippen LogP) is 3.96. The van der Waals surface area contributed by atoms with E-state index in [1.54, 1.807) is 18.2 Å². The quantitative estimate of drug-likeness (QED) is 0.589. The molecule has 1 aliphatic heterocycles. The minimum absolute atomic E-state index is 0.00124. The Kier molecular flexibility index (Phi) is 3.57. The third kappa shape index (κ3) is 2.66. The Labute approximate surface area is 133 Å². The smallest absolute Gasteiger partial charge is 0.224 e. The van der Waals surface area contributed by atoms with Crippen LogP contribution in [-0.2, 0) is 0 Å².